The normalized spacial score (nSPS) is 10.9. The molecule has 0 heterocycles. The first-order valence-corrected chi connectivity index (χ1v) is 8.63. The number of rotatable bonds is 5. The summed E-state index contributed by atoms with van der Waals surface area (Å²) in [4.78, 5) is 25.3. The zero-order valence-corrected chi connectivity index (χ0v) is 15.0. The molecule has 0 spiro atoms. The molecule has 3 aromatic carbocycles. The Morgan fingerprint density at radius 3 is 2.00 bits per heavy atom. The van der Waals surface area contributed by atoms with Gasteiger partial charge in [-0.1, -0.05) is 66.2 Å². The lowest BCUT2D eigenvalue weighted by molar-refractivity contribution is -0.113. The maximum Gasteiger partial charge on any atom is 0.272 e. The average molecular weight is 356 g/mol. The molecule has 134 valence electrons. The highest BCUT2D eigenvalue weighted by atomic mass is 16.2. The van der Waals surface area contributed by atoms with Crippen LogP contribution in [0.3, 0.4) is 0 Å². The Hall–Kier alpha value is -3.66. The van der Waals surface area contributed by atoms with Gasteiger partial charge in [-0.2, -0.15) is 0 Å². The summed E-state index contributed by atoms with van der Waals surface area (Å²) in [5.41, 5.74) is 3.25. The summed E-state index contributed by atoms with van der Waals surface area (Å²) >= 11 is 0. The Labute approximate surface area is 158 Å². The number of aryl methyl sites for hydroxylation is 1. The van der Waals surface area contributed by atoms with E-state index >= 15 is 0 Å². The number of anilines is 1. The Balaban J connectivity index is 1.85. The lowest BCUT2D eigenvalue weighted by Gasteiger charge is -2.11. The van der Waals surface area contributed by atoms with Crippen molar-refractivity contribution in [3.05, 3.63) is 107 Å². The molecular weight excluding hydrogens is 336 g/mol. The second-order valence-corrected chi connectivity index (χ2v) is 6.11. The largest absolute Gasteiger partial charge is 0.321 e. The molecule has 2 amide bonds. The average Bonchev–Trinajstić information content (AvgIpc) is 2.70. The van der Waals surface area contributed by atoms with Crippen molar-refractivity contribution in [1.82, 2.24) is 5.32 Å². The molecule has 0 aromatic heterocycles. The van der Waals surface area contributed by atoms with E-state index < -0.39 is 0 Å². The van der Waals surface area contributed by atoms with Crippen LogP contribution in [0.2, 0.25) is 0 Å². The number of nitrogens with one attached hydrogen (secondary N) is 2. The van der Waals surface area contributed by atoms with Gasteiger partial charge in [-0.3, -0.25) is 9.59 Å². The van der Waals surface area contributed by atoms with Gasteiger partial charge in [-0.05, 0) is 42.8 Å². The van der Waals surface area contributed by atoms with Crippen molar-refractivity contribution in [1.29, 1.82) is 0 Å². The zero-order valence-electron chi connectivity index (χ0n) is 15.0. The molecule has 0 saturated heterocycles. The van der Waals surface area contributed by atoms with Gasteiger partial charge in [0.15, 0.2) is 0 Å². The van der Waals surface area contributed by atoms with Gasteiger partial charge in [0.1, 0.15) is 5.70 Å². The van der Waals surface area contributed by atoms with Crippen LogP contribution in [-0.2, 0) is 4.79 Å². The van der Waals surface area contributed by atoms with Crippen LogP contribution >= 0.6 is 0 Å². The molecule has 0 bridgehead atoms. The highest BCUT2D eigenvalue weighted by Crippen LogP contribution is 2.12. The van der Waals surface area contributed by atoms with Crippen molar-refractivity contribution in [2.45, 2.75) is 6.92 Å². The van der Waals surface area contributed by atoms with Crippen LogP contribution in [0.15, 0.2) is 90.6 Å². The van der Waals surface area contributed by atoms with Crippen LogP contribution in [0.5, 0.6) is 0 Å². The third-order valence-corrected chi connectivity index (χ3v) is 3.95. The van der Waals surface area contributed by atoms with E-state index in [0.29, 0.717) is 11.3 Å². The lowest BCUT2D eigenvalue weighted by atomic mass is 10.1. The molecule has 27 heavy (non-hydrogen) atoms. The predicted molar refractivity (Wildman–Crippen MR) is 108 cm³/mol. The summed E-state index contributed by atoms with van der Waals surface area (Å²) in [5.74, 6) is -0.719. The molecule has 0 radical (unpaired) electrons. The monoisotopic (exact) mass is 356 g/mol. The molecule has 4 heteroatoms. The molecular formula is C23H20N2O2. The quantitative estimate of drug-likeness (QED) is 0.666. The fraction of sp³-hybridized carbons (Fsp3) is 0.0435. The first-order chi connectivity index (χ1) is 13.1. The molecule has 0 fully saturated rings. The van der Waals surface area contributed by atoms with Gasteiger partial charge >= 0.3 is 0 Å². The standard InChI is InChI=1S/C23H20N2O2/c1-17-12-14-20(15-13-17)24-23(27)21(16-18-8-4-2-5-9-18)25-22(26)19-10-6-3-7-11-19/h2-16H,1H3,(H,24,27)(H,25,26). The van der Waals surface area contributed by atoms with Gasteiger partial charge in [-0.25, -0.2) is 0 Å². The molecule has 4 nitrogen and oxygen atoms in total. The first kappa shape index (κ1) is 18.1. The fourth-order valence-corrected chi connectivity index (χ4v) is 2.49. The Morgan fingerprint density at radius 2 is 1.37 bits per heavy atom. The van der Waals surface area contributed by atoms with Crippen LogP contribution in [-0.4, -0.2) is 11.8 Å². The number of hydrogen-bond donors (Lipinski definition) is 2. The first-order valence-electron chi connectivity index (χ1n) is 8.63. The topological polar surface area (TPSA) is 58.2 Å². The molecule has 3 aromatic rings. The van der Waals surface area contributed by atoms with Crippen molar-refractivity contribution < 1.29 is 9.59 Å². The van der Waals surface area contributed by atoms with Crippen LogP contribution in [0, 0.1) is 6.92 Å². The molecule has 0 unspecified atom stereocenters. The van der Waals surface area contributed by atoms with Crippen LogP contribution in [0.25, 0.3) is 6.08 Å². The van der Waals surface area contributed by atoms with Crippen molar-refractivity contribution in [2.24, 2.45) is 0 Å². The van der Waals surface area contributed by atoms with Crippen LogP contribution in [0.4, 0.5) is 5.69 Å². The SMILES string of the molecule is Cc1ccc(NC(=O)C(=Cc2ccccc2)NC(=O)c2ccccc2)cc1. The van der Waals surface area contributed by atoms with E-state index in [1.807, 2.05) is 67.6 Å². The number of amides is 2. The Morgan fingerprint density at radius 1 is 0.778 bits per heavy atom. The van der Waals surface area contributed by atoms with E-state index in [4.69, 9.17) is 0 Å². The second-order valence-electron chi connectivity index (χ2n) is 6.11. The lowest BCUT2D eigenvalue weighted by Crippen LogP contribution is -2.30. The molecule has 0 aliphatic heterocycles. The van der Waals surface area contributed by atoms with Gasteiger partial charge in [0.05, 0.1) is 0 Å². The number of hydrogen-bond acceptors (Lipinski definition) is 2. The summed E-state index contributed by atoms with van der Waals surface area (Å²) in [6, 6.07) is 25.7. The number of benzene rings is 3. The van der Waals surface area contributed by atoms with Gasteiger partial charge in [0.25, 0.3) is 11.8 Å². The fourth-order valence-electron chi connectivity index (χ4n) is 2.49. The summed E-state index contributed by atoms with van der Waals surface area (Å²) in [6.07, 6.45) is 1.66. The summed E-state index contributed by atoms with van der Waals surface area (Å²) in [5, 5.41) is 5.55. The van der Waals surface area contributed by atoms with E-state index in [9.17, 15) is 9.59 Å². The maximum atomic E-state index is 12.8. The maximum absolute atomic E-state index is 12.8. The Bertz CT molecular complexity index is 947. The van der Waals surface area contributed by atoms with Gasteiger partial charge < -0.3 is 10.6 Å². The molecule has 0 aliphatic carbocycles. The van der Waals surface area contributed by atoms with Crippen molar-refractivity contribution in [3.8, 4) is 0 Å². The van der Waals surface area contributed by atoms with Crippen molar-refractivity contribution in [3.63, 3.8) is 0 Å². The predicted octanol–water partition coefficient (Wildman–Crippen LogP) is 4.40. The van der Waals surface area contributed by atoms with Gasteiger partial charge in [-0.15, -0.1) is 0 Å². The van der Waals surface area contributed by atoms with Crippen molar-refractivity contribution >= 4 is 23.6 Å². The van der Waals surface area contributed by atoms with E-state index in [0.717, 1.165) is 11.1 Å². The van der Waals surface area contributed by atoms with E-state index in [1.54, 1.807) is 30.3 Å². The van der Waals surface area contributed by atoms with E-state index in [-0.39, 0.29) is 17.5 Å². The summed E-state index contributed by atoms with van der Waals surface area (Å²) < 4.78 is 0. The van der Waals surface area contributed by atoms with E-state index in [1.165, 1.54) is 0 Å². The number of carbonyl (C=O) groups excluding carboxylic acids is 2. The molecule has 0 aliphatic rings. The molecule has 0 saturated carbocycles. The zero-order chi connectivity index (χ0) is 19.1. The minimum absolute atomic E-state index is 0.177. The highest BCUT2D eigenvalue weighted by Gasteiger charge is 2.14. The second kappa shape index (κ2) is 8.63. The van der Waals surface area contributed by atoms with E-state index in [2.05, 4.69) is 10.6 Å². The molecule has 3 rings (SSSR count). The smallest absolute Gasteiger partial charge is 0.272 e. The Kier molecular flexibility index (Phi) is 5.80. The highest BCUT2D eigenvalue weighted by molar-refractivity contribution is 6.10. The third kappa shape index (κ3) is 5.16. The summed E-state index contributed by atoms with van der Waals surface area (Å²) in [6.45, 7) is 1.98. The summed E-state index contributed by atoms with van der Waals surface area (Å²) in [7, 11) is 0. The van der Waals surface area contributed by atoms with Crippen LogP contribution in [0.1, 0.15) is 21.5 Å². The third-order valence-electron chi connectivity index (χ3n) is 3.95. The van der Waals surface area contributed by atoms with Gasteiger partial charge in [0.2, 0.25) is 0 Å². The van der Waals surface area contributed by atoms with Gasteiger partial charge in [0, 0.05) is 11.3 Å². The number of carbonyl (C=O) groups is 2. The minimum atomic E-state index is -0.382. The molecule has 2 N–H and O–H groups in total. The van der Waals surface area contributed by atoms with Crippen molar-refractivity contribution in [2.75, 3.05) is 5.32 Å². The van der Waals surface area contributed by atoms with Crippen LogP contribution < -0.4 is 10.6 Å². The minimum Gasteiger partial charge on any atom is -0.321 e. The molecule has 0 atom stereocenters.